The number of benzene rings is 1. The minimum Gasteiger partial charge on any atom is -0.377 e. The second-order valence-corrected chi connectivity index (χ2v) is 4.98. The molecule has 0 atom stereocenters. The van der Waals surface area contributed by atoms with Crippen LogP contribution in [0.4, 0.5) is 17.3 Å². The predicted molar refractivity (Wildman–Crippen MR) is 86.4 cm³/mol. The first-order chi connectivity index (χ1) is 10.1. The van der Waals surface area contributed by atoms with E-state index in [-0.39, 0.29) is 0 Å². The fourth-order valence-corrected chi connectivity index (χ4v) is 2.21. The first kappa shape index (κ1) is 15.5. The van der Waals surface area contributed by atoms with E-state index < -0.39 is 0 Å². The van der Waals surface area contributed by atoms with E-state index >= 15 is 0 Å². The zero-order valence-electron chi connectivity index (χ0n) is 12.4. The summed E-state index contributed by atoms with van der Waals surface area (Å²) in [6, 6.07) is 7.62. The van der Waals surface area contributed by atoms with E-state index in [1.807, 2.05) is 38.1 Å². The number of hydrogen-bond donors (Lipinski definition) is 2. The van der Waals surface area contributed by atoms with Crippen LogP contribution in [-0.4, -0.2) is 23.6 Å². The number of nitrogens with one attached hydrogen (secondary N) is 2. The second kappa shape index (κ2) is 7.24. The molecule has 2 aromatic rings. The average molecular weight is 307 g/mol. The Bertz CT molecular complexity index is 574. The summed E-state index contributed by atoms with van der Waals surface area (Å²) in [6.45, 7) is 5.16. The number of anilines is 3. The smallest absolute Gasteiger partial charge is 0.158 e. The highest BCUT2D eigenvalue weighted by Crippen LogP contribution is 2.28. The van der Waals surface area contributed by atoms with Gasteiger partial charge in [-0.2, -0.15) is 0 Å². The van der Waals surface area contributed by atoms with Gasteiger partial charge in [0.05, 0.1) is 10.7 Å². The molecule has 0 saturated heterocycles. The first-order valence-electron chi connectivity index (χ1n) is 6.77. The van der Waals surface area contributed by atoms with Gasteiger partial charge in [0.15, 0.2) is 5.82 Å². The molecule has 0 aliphatic carbocycles. The van der Waals surface area contributed by atoms with Crippen LogP contribution >= 0.6 is 11.6 Å². The predicted octanol–water partition coefficient (Wildman–Crippen LogP) is 3.76. The summed E-state index contributed by atoms with van der Waals surface area (Å²) >= 11 is 6.24. The average Bonchev–Trinajstić information content (AvgIpc) is 2.44. The Labute approximate surface area is 129 Å². The van der Waals surface area contributed by atoms with Gasteiger partial charge in [-0.3, -0.25) is 0 Å². The lowest BCUT2D eigenvalue weighted by Gasteiger charge is -2.13. The molecule has 112 valence electrons. The molecule has 0 aliphatic heterocycles. The molecule has 0 spiro atoms. The van der Waals surface area contributed by atoms with Gasteiger partial charge in [-0.05, 0) is 25.5 Å². The van der Waals surface area contributed by atoms with E-state index in [0.29, 0.717) is 23.3 Å². The van der Waals surface area contributed by atoms with Crippen LogP contribution in [0.25, 0.3) is 0 Å². The number of rotatable bonds is 6. The van der Waals surface area contributed by atoms with Gasteiger partial charge in [-0.15, -0.1) is 0 Å². The van der Waals surface area contributed by atoms with E-state index in [1.54, 1.807) is 7.11 Å². The third-order valence-electron chi connectivity index (χ3n) is 2.88. The molecule has 0 unspecified atom stereocenters. The molecule has 0 saturated carbocycles. The quantitative estimate of drug-likeness (QED) is 0.851. The summed E-state index contributed by atoms with van der Waals surface area (Å²) in [4.78, 5) is 8.82. The number of methoxy groups -OCH3 is 1. The largest absolute Gasteiger partial charge is 0.377 e. The second-order valence-electron chi connectivity index (χ2n) is 4.57. The van der Waals surface area contributed by atoms with Crippen LogP contribution < -0.4 is 10.6 Å². The van der Waals surface area contributed by atoms with Crippen LogP contribution in [0, 0.1) is 6.92 Å². The van der Waals surface area contributed by atoms with Crippen molar-refractivity contribution in [1.82, 2.24) is 9.97 Å². The van der Waals surface area contributed by atoms with Crippen molar-refractivity contribution in [1.29, 1.82) is 0 Å². The molecule has 2 rings (SSSR count). The van der Waals surface area contributed by atoms with Gasteiger partial charge >= 0.3 is 0 Å². The normalized spacial score (nSPS) is 10.5. The van der Waals surface area contributed by atoms with Crippen LogP contribution in [-0.2, 0) is 11.3 Å². The number of halogens is 1. The van der Waals surface area contributed by atoms with E-state index in [9.17, 15) is 0 Å². The fourth-order valence-electron chi connectivity index (χ4n) is 1.94. The number of aryl methyl sites for hydroxylation is 1. The van der Waals surface area contributed by atoms with Gasteiger partial charge in [-0.1, -0.05) is 23.7 Å². The topological polar surface area (TPSA) is 59.1 Å². The Hall–Kier alpha value is -1.85. The van der Waals surface area contributed by atoms with Crippen molar-refractivity contribution in [3.05, 3.63) is 40.7 Å². The van der Waals surface area contributed by atoms with Crippen molar-refractivity contribution in [2.45, 2.75) is 20.5 Å². The third-order valence-corrected chi connectivity index (χ3v) is 3.19. The van der Waals surface area contributed by atoms with Gasteiger partial charge in [0.2, 0.25) is 0 Å². The third kappa shape index (κ3) is 4.06. The molecule has 0 radical (unpaired) electrons. The highest BCUT2D eigenvalue weighted by Gasteiger charge is 2.08. The van der Waals surface area contributed by atoms with Crippen molar-refractivity contribution in [2.75, 3.05) is 24.3 Å². The molecule has 5 nitrogen and oxygen atoms in total. The lowest BCUT2D eigenvalue weighted by Crippen LogP contribution is -2.07. The SMILES string of the molecule is CCNc1cc(Nc2c(C)cccc2Cl)nc(COC)n1. The summed E-state index contributed by atoms with van der Waals surface area (Å²) in [5.41, 5.74) is 1.91. The molecule has 0 bridgehead atoms. The summed E-state index contributed by atoms with van der Waals surface area (Å²) in [5, 5.41) is 7.10. The fraction of sp³-hybridized carbons (Fsp3) is 0.333. The summed E-state index contributed by atoms with van der Waals surface area (Å²) in [6.07, 6.45) is 0. The highest BCUT2D eigenvalue weighted by atomic mass is 35.5. The number of hydrogen-bond acceptors (Lipinski definition) is 5. The van der Waals surface area contributed by atoms with Crippen LogP contribution in [0.3, 0.4) is 0 Å². The van der Waals surface area contributed by atoms with E-state index in [1.165, 1.54) is 0 Å². The van der Waals surface area contributed by atoms with Gasteiger partial charge in [0, 0.05) is 19.7 Å². The summed E-state index contributed by atoms with van der Waals surface area (Å²) in [7, 11) is 1.62. The van der Waals surface area contributed by atoms with Gasteiger partial charge in [-0.25, -0.2) is 9.97 Å². The van der Waals surface area contributed by atoms with Crippen LogP contribution in [0.1, 0.15) is 18.3 Å². The molecular weight excluding hydrogens is 288 g/mol. The molecule has 1 heterocycles. The van der Waals surface area contributed by atoms with Crippen molar-refractivity contribution >= 4 is 28.9 Å². The van der Waals surface area contributed by atoms with E-state index in [4.69, 9.17) is 16.3 Å². The Morgan fingerprint density at radius 2 is 2.00 bits per heavy atom. The van der Waals surface area contributed by atoms with E-state index in [2.05, 4.69) is 20.6 Å². The number of nitrogens with zero attached hydrogens (tertiary/aromatic N) is 2. The van der Waals surface area contributed by atoms with E-state index in [0.717, 1.165) is 23.6 Å². The molecule has 21 heavy (non-hydrogen) atoms. The summed E-state index contributed by atoms with van der Waals surface area (Å²) < 4.78 is 5.11. The van der Waals surface area contributed by atoms with Crippen LogP contribution in [0.5, 0.6) is 0 Å². The standard InChI is InChI=1S/C15H19ClN4O/c1-4-17-12-8-13(19-14(18-12)9-21-3)20-15-10(2)6-5-7-11(15)16/h5-8H,4,9H2,1-3H3,(H2,17,18,19,20). The number of ether oxygens (including phenoxy) is 1. The van der Waals surface area contributed by atoms with Gasteiger partial charge in [0.1, 0.15) is 18.2 Å². The molecule has 0 fully saturated rings. The maximum Gasteiger partial charge on any atom is 0.158 e. The maximum absolute atomic E-state index is 6.24. The molecule has 6 heteroatoms. The van der Waals surface area contributed by atoms with Gasteiger partial charge in [0.25, 0.3) is 0 Å². The minimum absolute atomic E-state index is 0.357. The Morgan fingerprint density at radius 3 is 2.67 bits per heavy atom. The van der Waals surface area contributed by atoms with Crippen LogP contribution in [0.2, 0.25) is 5.02 Å². The van der Waals surface area contributed by atoms with Crippen molar-refractivity contribution < 1.29 is 4.74 Å². The molecule has 0 amide bonds. The molecule has 2 N–H and O–H groups in total. The van der Waals surface area contributed by atoms with Crippen molar-refractivity contribution in [3.8, 4) is 0 Å². The van der Waals surface area contributed by atoms with Gasteiger partial charge < -0.3 is 15.4 Å². The molecular formula is C15H19ClN4O. The number of para-hydroxylation sites is 1. The number of aromatic nitrogens is 2. The zero-order chi connectivity index (χ0) is 15.2. The Morgan fingerprint density at radius 1 is 1.24 bits per heavy atom. The maximum atomic E-state index is 6.24. The molecule has 1 aromatic heterocycles. The zero-order valence-corrected chi connectivity index (χ0v) is 13.2. The van der Waals surface area contributed by atoms with Crippen molar-refractivity contribution in [2.24, 2.45) is 0 Å². The minimum atomic E-state index is 0.357. The lowest BCUT2D eigenvalue weighted by molar-refractivity contribution is 0.178. The molecule has 1 aromatic carbocycles. The first-order valence-corrected chi connectivity index (χ1v) is 7.14. The van der Waals surface area contributed by atoms with Crippen LogP contribution in [0.15, 0.2) is 24.3 Å². The Balaban J connectivity index is 2.34. The summed E-state index contributed by atoms with van der Waals surface area (Å²) in [5.74, 6) is 2.05. The van der Waals surface area contributed by atoms with Crippen molar-refractivity contribution in [3.63, 3.8) is 0 Å². The molecule has 0 aliphatic rings. The monoisotopic (exact) mass is 306 g/mol. The lowest BCUT2D eigenvalue weighted by atomic mass is 10.2. The highest BCUT2D eigenvalue weighted by molar-refractivity contribution is 6.33. The Kier molecular flexibility index (Phi) is 5.36.